The molecule has 6 nitrogen and oxygen atoms in total. The summed E-state index contributed by atoms with van der Waals surface area (Å²) in [5, 5.41) is 22.2. The highest BCUT2D eigenvalue weighted by atomic mass is 32.1. The van der Waals surface area contributed by atoms with Gasteiger partial charge in [-0.05, 0) is 24.3 Å². The van der Waals surface area contributed by atoms with E-state index in [4.69, 9.17) is 0 Å². The molecule has 0 aliphatic carbocycles. The molecular formula is C22H14N2O4S. The van der Waals surface area contributed by atoms with Crippen LogP contribution in [0.1, 0.15) is 20.9 Å². The molecule has 3 aromatic carbocycles. The first-order valence-electron chi connectivity index (χ1n) is 8.68. The summed E-state index contributed by atoms with van der Waals surface area (Å²) in [4.78, 5) is 28.2. The van der Waals surface area contributed by atoms with Crippen LogP contribution in [-0.2, 0) is 0 Å². The highest BCUT2D eigenvalue weighted by Crippen LogP contribution is 2.33. The van der Waals surface area contributed by atoms with Crippen molar-refractivity contribution in [1.82, 2.24) is 4.98 Å². The van der Waals surface area contributed by atoms with Crippen LogP contribution in [0.5, 0.6) is 0 Å². The number of hydrogen-bond donors (Lipinski definition) is 1. The Labute approximate surface area is 169 Å². The fourth-order valence-electron chi connectivity index (χ4n) is 2.90. The average molecular weight is 402 g/mol. The van der Waals surface area contributed by atoms with E-state index in [0.29, 0.717) is 10.6 Å². The van der Waals surface area contributed by atoms with E-state index >= 15 is 0 Å². The van der Waals surface area contributed by atoms with Gasteiger partial charge in [-0.3, -0.25) is 14.9 Å². The topological polar surface area (TPSA) is 93.3 Å². The largest absolute Gasteiger partial charge is 0.506 e. The fourth-order valence-corrected chi connectivity index (χ4v) is 3.91. The predicted molar refractivity (Wildman–Crippen MR) is 113 cm³/mol. The number of nitro benzene ring substituents is 1. The number of fused-ring (bicyclic) bond motifs is 1. The van der Waals surface area contributed by atoms with Crippen LogP contribution < -0.4 is 0 Å². The first kappa shape index (κ1) is 18.5. The van der Waals surface area contributed by atoms with Crippen molar-refractivity contribution in [2.45, 2.75) is 0 Å². The average Bonchev–Trinajstić information content (AvgIpc) is 3.18. The number of Topliss-reactive ketones (excluding diaryl/α,β-unsaturated/α-hetero) is 1. The highest BCUT2D eigenvalue weighted by molar-refractivity contribution is 7.20. The summed E-state index contributed by atoms with van der Waals surface area (Å²) >= 11 is 1.30. The molecule has 0 fully saturated rings. The number of hydrogen-bond acceptors (Lipinski definition) is 6. The summed E-state index contributed by atoms with van der Waals surface area (Å²) < 4.78 is 0.886. The Balaban J connectivity index is 1.88. The van der Waals surface area contributed by atoms with E-state index in [1.807, 2.05) is 30.3 Å². The molecule has 4 rings (SSSR count). The minimum Gasteiger partial charge on any atom is -0.506 e. The number of aliphatic hydroxyl groups excluding tert-OH is 1. The van der Waals surface area contributed by atoms with Gasteiger partial charge in [-0.1, -0.05) is 42.5 Å². The molecule has 7 heteroatoms. The maximum Gasteiger partial charge on any atom is 0.269 e. The number of benzene rings is 3. The van der Waals surface area contributed by atoms with Gasteiger partial charge >= 0.3 is 0 Å². The maximum atomic E-state index is 13.3. The van der Waals surface area contributed by atoms with E-state index in [9.17, 15) is 20.0 Å². The number of carbonyl (C=O) groups is 1. The minimum absolute atomic E-state index is 0.0613. The number of nitro groups is 1. The van der Waals surface area contributed by atoms with Gasteiger partial charge in [0.25, 0.3) is 5.69 Å². The maximum absolute atomic E-state index is 13.3. The van der Waals surface area contributed by atoms with Crippen molar-refractivity contribution in [3.63, 3.8) is 0 Å². The van der Waals surface area contributed by atoms with Gasteiger partial charge < -0.3 is 5.11 Å². The molecule has 0 aliphatic rings. The normalized spacial score (nSPS) is 11.9. The van der Waals surface area contributed by atoms with Gasteiger partial charge in [-0.25, -0.2) is 4.98 Å². The van der Waals surface area contributed by atoms with Crippen LogP contribution in [0.25, 0.3) is 21.5 Å². The number of rotatable bonds is 5. The SMILES string of the molecule is O=C(/C(=C(\O)c1ccccc1)c1nc2ccccc2s1)c1ccc([N+](=O)[O-])cc1. The molecule has 0 bridgehead atoms. The molecule has 0 saturated carbocycles. The summed E-state index contributed by atoms with van der Waals surface area (Å²) in [6.07, 6.45) is 0. The number of non-ortho nitro benzene ring substituents is 1. The lowest BCUT2D eigenvalue weighted by atomic mass is 9.99. The van der Waals surface area contributed by atoms with Crippen molar-refractivity contribution in [2.75, 3.05) is 0 Å². The number of nitrogens with zero attached hydrogens (tertiary/aromatic N) is 2. The number of ketones is 1. The molecule has 142 valence electrons. The van der Waals surface area contributed by atoms with Crippen molar-refractivity contribution in [3.05, 3.63) is 105 Å². The van der Waals surface area contributed by atoms with Gasteiger partial charge in [0.15, 0.2) is 5.78 Å². The van der Waals surface area contributed by atoms with Gasteiger partial charge in [0.2, 0.25) is 0 Å². The lowest BCUT2D eigenvalue weighted by molar-refractivity contribution is -0.384. The summed E-state index contributed by atoms with van der Waals surface area (Å²) in [6, 6.07) is 21.5. The number of aliphatic hydroxyl groups is 1. The number of aromatic nitrogens is 1. The predicted octanol–water partition coefficient (Wildman–Crippen LogP) is 5.51. The standard InChI is InChI=1S/C22H14N2O4S/c25-20(14-6-2-1-3-7-14)19(22-23-17-8-4-5-9-18(17)29-22)21(26)15-10-12-16(13-11-15)24(27)28/h1-13,25H/b20-19+. The van der Waals surface area contributed by atoms with Crippen LogP contribution >= 0.6 is 11.3 Å². The molecule has 4 aromatic rings. The minimum atomic E-state index is -0.528. The summed E-state index contributed by atoms with van der Waals surface area (Å²) in [6.45, 7) is 0. The van der Waals surface area contributed by atoms with Gasteiger partial charge in [0, 0.05) is 23.3 Å². The Morgan fingerprint density at radius 3 is 2.21 bits per heavy atom. The van der Waals surface area contributed by atoms with Crippen molar-refractivity contribution in [1.29, 1.82) is 0 Å². The van der Waals surface area contributed by atoms with Gasteiger partial charge in [-0.15, -0.1) is 11.3 Å². The fraction of sp³-hybridized carbons (Fsp3) is 0. The zero-order chi connectivity index (χ0) is 20.4. The van der Waals surface area contributed by atoms with Crippen molar-refractivity contribution < 1.29 is 14.8 Å². The molecule has 1 aromatic heterocycles. The van der Waals surface area contributed by atoms with Gasteiger partial charge in [0.1, 0.15) is 16.3 Å². The molecule has 0 spiro atoms. The first-order chi connectivity index (χ1) is 14.0. The quantitative estimate of drug-likeness (QED) is 0.156. The number of allylic oxidation sites excluding steroid dienone is 1. The molecular weight excluding hydrogens is 388 g/mol. The van der Waals surface area contributed by atoms with Crippen LogP contribution in [0, 0.1) is 10.1 Å². The Bertz CT molecular complexity index is 1210. The lowest BCUT2D eigenvalue weighted by Crippen LogP contribution is -2.06. The van der Waals surface area contributed by atoms with E-state index in [1.54, 1.807) is 24.3 Å². The zero-order valence-electron chi connectivity index (χ0n) is 15.0. The molecule has 0 atom stereocenters. The van der Waals surface area contributed by atoms with Crippen molar-refractivity contribution in [3.8, 4) is 0 Å². The van der Waals surface area contributed by atoms with Crippen LogP contribution in [0.2, 0.25) is 0 Å². The summed E-state index contributed by atoms with van der Waals surface area (Å²) in [7, 11) is 0. The van der Waals surface area contributed by atoms with Crippen molar-refractivity contribution >= 4 is 44.4 Å². The third-order valence-corrected chi connectivity index (χ3v) is 5.41. The van der Waals surface area contributed by atoms with E-state index < -0.39 is 10.7 Å². The van der Waals surface area contributed by atoms with Gasteiger partial charge in [0.05, 0.1) is 15.1 Å². The molecule has 29 heavy (non-hydrogen) atoms. The molecule has 0 unspecified atom stereocenters. The second-order valence-corrected chi connectivity index (χ2v) is 7.24. The second kappa shape index (κ2) is 7.65. The first-order valence-corrected chi connectivity index (χ1v) is 9.50. The molecule has 0 aliphatic heterocycles. The highest BCUT2D eigenvalue weighted by Gasteiger charge is 2.24. The Kier molecular flexibility index (Phi) is 4.88. The van der Waals surface area contributed by atoms with Crippen LogP contribution in [0.4, 0.5) is 5.69 Å². The smallest absolute Gasteiger partial charge is 0.269 e. The molecule has 0 radical (unpaired) electrons. The molecule has 0 amide bonds. The Morgan fingerprint density at radius 1 is 0.897 bits per heavy atom. The molecule has 0 saturated heterocycles. The Morgan fingerprint density at radius 2 is 1.55 bits per heavy atom. The monoisotopic (exact) mass is 402 g/mol. The van der Waals surface area contributed by atoms with Crippen molar-refractivity contribution in [2.24, 2.45) is 0 Å². The third-order valence-electron chi connectivity index (χ3n) is 4.36. The Hall–Kier alpha value is -3.84. The van der Waals surface area contributed by atoms with E-state index in [1.165, 1.54) is 35.6 Å². The zero-order valence-corrected chi connectivity index (χ0v) is 15.8. The molecule has 1 heterocycles. The van der Waals surface area contributed by atoms with Crippen LogP contribution in [-0.4, -0.2) is 20.8 Å². The summed E-state index contributed by atoms with van der Waals surface area (Å²) in [5.41, 5.74) is 1.39. The number of para-hydroxylation sites is 1. The number of thiazole rings is 1. The van der Waals surface area contributed by atoms with E-state index in [-0.39, 0.29) is 22.6 Å². The van der Waals surface area contributed by atoms with E-state index in [0.717, 1.165) is 10.2 Å². The van der Waals surface area contributed by atoms with E-state index in [2.05, 4.69) is 4.98 Å². The van der Waals surface area contributed by atoms with Crippen LogP contribution in [0.3, 0.4) is 0 Å². The summed E-state index contributed by atoms with van der Waals surface area (Å²) in [5.74, 6) is -0.645. The molecule has 1 N–H and O–H groups in total. The lowest BCUT2D eigenvalue weighted by Gasteiger charge is -2.08. The van der Waals surface area contributed by atoms with Crippen LogP contribution in [0.15, 0.2) is 78.9 Å². The third kappa shape index (κ3) is 3.63. The van der Waals surface area contributed by atoms with Gasteiger partial charge in [-0.2, -0.15) is 0 Å². The second-order valence-electron chi connectivity index (χ2n) is 6.21. The number of carbonyl (C=O) groups excluding carboxylic acids is 1.